The number of hydrogen-bond acceptors (Lipinski definition) is 4. The second kappa shape index (κ2) is 5.21. The molecule has 1 heterocycles. The van der Waals surface area contributed by atoms with Gasteiger partial charge in [0.1, 0.15) is 11.8 Å². The predicted octanol–water partition coefficient (Wildman–Crippen LogP) is 0.548. The minimum atomic E-state index is -0.00935. The zero-order valence-electron chi connectivity index (χ0n) is 8.25. The summed E-state index contributed by atoms with van der Waals surface area (Å²) in [6, 6.07) is -0.00935. The van der Waals surface area contributed by atoms with E-state index in [1.807, 2.05) is 19.9 Å². The maximum atomic E-state index is 5.44. The molecule has 76 valence electrons. The third-order valence-corrected chi connectivity index (χ3v) is 1.87. The molecule has 1 unspecified atom stereocenters. The Hall–Kier alpha value is -0.580. The van der Waals surface area contributed by atoms with Crippen molar-refractivity contribution in [2.24, 2.45) is 5.84 Å². The largest absolute Gasteiger partial charge is 0.496 e. The average molecular weight is 186 g/mol. The van der Waals surface area contributed by atoms with Gasteiger partial charge in [-0.25, -0.2) is 5.43 Å². The van der Waals surface area contributed by atoms with E-state index in [9.17, 15) is 0 Å². The third-order valence-electron chi connectivity index (χ3n) is 1.87. The Bertz CT molecular complexity index is 180. The van der Waals surface area contributed by atoms with Crippen LogP contribution in [0.2, 0.25) is 0 Å². The standard InChI is InChI=1S/C9H18N2O2/c1-7(2)13-6-8(11-10)9-4-3-5-12-9/h4,7-8,11H,3,5-6,10H2,1-2H3. The molecule has 0 amide bonds. The van der Waals surface area contributed by atoms with Crippen LogP contribution in [0.1, 0.15) is 20.3 Å². The van der Waals surface area contributed by atoms with Crippen molar-refractivity contribution in [1.82, 2.24) is 5.43 Å². The summed E-state index contributed by atoms with van der Waals surface area (Å²) in [4.78, 5) is 0. The summed E-state index contributed by atoms with van der Waals surface area (Å²) < 4.78 is 10.8. The first-order valence-electron chi connectivity index (χ1n) is 4.64. The average Bonchev–Trinajstić information content (AvgIpc) is 2.58. The molecule has 4 heteroatoms. The lowest BCUT2D eigenvalue weighted by atomic mass is 10.2. The van der Waals surface area contributed by atoms with Crippen LogP contribution in [-0.2, 0) is 9.47 Å². The van der Waals surface area contributed by atoms with Gasteiger partial charge >= 0.3 is 0 Å². The van der Waals surface area contributed by atoms with Crippen molar-refractivity contribution in [2.45, 2.75) is 32.4 Å². The Morgan fingerprint density at radius 3 is 2.92 bits per heavy atom. The van der Waals surface area contributed by atoms with Crippen LogP contribution < -0.4 is 11.3 Å². The normalized spacial score (nSPS) is 18.6. The Morgan fingerprint density at radius 2 is 2.46 bits per heavy atom. The van der Waals surface area contributed by atoms with Crippen LogP contribution in [0.25, 0.3) is 0 Å². The van der Waals surface area contributed by atoms with Crippen molar-refractivity contribution in [3.63, 3.8) is 0 Å². The number of rotatable bonds is 5. The highest BCUT2D eigenvalue weighted by atomic mass is 16.5. The SMILES string of the molecule is CC(C)OCC(NN)C1=CCCO1. The lowest BCUT2D eigenvalue weighted by Crippen LogP contribution is -2.40. The number of hydrogen-bond donors (Lipinski definition) is 2. The van der Waals surface area contributed by atoms with Gasteiger partial charge in [0.05, 0.1) is 19.3 Å². The predicted molar refractivity (Wildman–Crippen MR) is 50.9 cm³/mol. The fourth-order valence-corrected chi connectivity index (χ4v) is 1.18. The molecule has 3 N–H and O–H groups in total. The molecule has 0 aromatic carbocycles. The highest BCUT2D eigenvalue weighted by Crippen LogP contribution is 2.13. The molecule has 0 radical (unpaired) electrons. The molecule has 1 aliphatic heterocycles. The van der Waals surface area contributed by atoms with Gasteiger partial charge in [0, 0.05) is 6.42 Å². The maximum Gasteiger partial charge on any atom is 0.113 e. The minimum Gasteiger partial charge on any atom is -0.496 e. The van der Waals surface area contributed by atoms with Gasteiger partial charge in [-0.2, -0.15) is 0 Å². The third kappa shape index (κ3) is 3.34. The van der Waals surface area contributed by atoms with Crippen LogP contribution in [0.15, 0.2) is 11.8 Å². The van der Waals surface area contributed by atoms with Crippen LogP contribution in [0, 0.1) is 0 Å². The van der Waals surface area contributed by atoms with Gasteiger partial charge in [0.15, 0.2) is 0 Å². The molecular weight excluding hydrogens is 168 g/mol. The van der Waals surface area contributed by atoms with Gasteiger partial charge in [-0.05, 0) is 19.9 Å². The molecule has 0 aliphatic carbocycles. The fraction of sp³-hybridized carbons (Fsp3) is 0.778. The number of ether oxygens (including phenoxy) is 2. The first-order valence-corrected chi connectivity index (χ1v) is 4.64. The lowest BCUT2D eigenvalue weighted by Gasteiger charge is -2.18. The van der Waals surface area contributed by atoms with Crippen LogP contribution in [0.5, 0.6) is 0 Å². The lowest BCUT2D eigenvalue weighted by molar-refractivity contribution is 0.0555. The Morgan fingerprint density at radius 1 is 1.69 bits per heavy atom. The Balaban J connectivity index is 2.33. The summed E-state index contributed by atoms with van der Waals surface area (Å²) in [5.74, 6) is 6.29. The molecule has 0 saturated heterocycles. The van der Waals surface area contributed by atoms with Crippen molar-refractivity contribution < 1.29 is 9.47 Å². The second-order valence-electron chi connectivity index (χ2n) is 3.34. The van der Waals surface area contributed by atoms with Crippen molar-refractivity contribution in [2.75, 3.05) is 13.2 Å². The highest BCUT2D eigenvalue weighted by Gasteiger charge is 2.17. The van der Waals surface area contributed by atoms with E-state index in [4.69, 9.17) is 15.3 Å². The summed E-state index contributed by atoms with van der Waals surface area (Å²) >= 11 is 0. The summed E-state index contributed by atoms with van der Waals surface area (Å²) in [6.07, 6.45) is 3.24. The number of nitrogens with two attached hydrogens (primary N) is 1. The number of nitrogens with one attached hydrogen (secondary N) is 1. The van der Waals surface area contributed by atoms with Gasteiger partial charge in [-0.1, -0.05) is 0 Å². The van der Waals surface area contributed by atoms with Gasteiger partial charge in [0.2, 0.25) is 0 Å². The minimum absolute atomic E-state index is 0.00935. The molecule has 0 bridgehead atoms. The first kappa shape index (κ1) is 10.5. The molecule has 1 aliphatic rings. The maximum absolute atomic E-state index is 5.44. The topological polar surface area (TPSA) is 56.5 Å². The first-order chi connectivity index (χ1) is 6.24. The zero-order valence-corrected chi connectivity index (χ0v) is 8.25. The van der Waals surface area contributed by atoms with E-state index in [1.54, 1.807) is 0 Å². The molecule has 13 heavy (non-hydrogen) atoms. The van der Waals surface area contributed by atoms with Gasteiger partial charge < -0.3 is 9.47 Å². The second-order valence-corrected chi connectivity index (χ2v) is 3.34. The van der Waals surface area contributed by atoms with E-state index in [-0.39, 0.29) is 12.1 Å². The van der Waals surface area contributed by atoms with Gasteiger partial charge in [-0.3, -0.25) is 5.84 Å². The highest BCUT2D eigenvalue weighted by molar-refractivity contribution is 5.06. The van der Waals surface area contributed by atoms with Crippen LogP contribution in [-0.4, -0.2) is 25.4 Å². The van der Waals surface area contributed by atoms with E-state index in [2.05, 4.69) is 5.43 Å². The summed E-state index contributed by atoms with van der Waals surface area (Å²) in [6.45, 7) is 5.31. The molecule has 0 fully saturated rings. The molecule has 1 atom stereocenters. The molecule has 4 nitrogen and oxygen atoms in total. The molecule has 0 spiro atoms. The van der Waals surface area contributed by atoms with Crippen LogP contribution >= 0.6 is 0 Å². The number of hydrazine groups is 1. The van der Waals surface area contributed by atoms with E-state index in [1.165, 1.54) is 0 Å². The van der Waals surface area contributed by atoms with Crippen LogP contribution in [0.3, 0.4) is 0 Å². The monoisotopic (exact) mass is 186 g/mol. The Labute approximate surface area is 79.1 Å². The van der Waals surface area contributed by atoms with Crippen molar-refractivity contribution in [3.05, 3.63) is 11.8 Å². The van der Waals surface area contributed by atoms with E-state index in [0.29, 0.717) is 6.61 Å². The molecular formula is C9H18N2O2. The molecule has 0 aromatic heterocycles. The smallest absolute Gasteiger partial charge is 0.113 e. The van der Waals surface area contributed by atoms with Crippen molar-refractivity contribution >= 4 is 0 Å². The Kier molecular flexibility index (Phi) is 4.21. The van der Waals surface area contributed by atoms with Gasteiger partial charge in [0.25, 0.3) is 0 Å². The van der Waals surface area contributed by atoms with E-state index >= 15 is 0 Å². The zero-order chi connectivity index (χ0) is 9.68. The van der Waals surface area contributed by atoms with E-state index < -0.39 is 0 Å². The quantitative estimate of drug-likeness (QED) is 0.486. The van der Waals surface area contributed by atoms with Crippen molar-refractivity contribution in [3.8, 4) is 0 Å². The fourth-order valence-electron chi connectivity index (χ4n) is 1.18. The molecule has 0 aromatic rings. The summed E-state index contributed by atoms with van der Waals surface area (Å²) in [5, 5.41) is 0. The summed E-state index contributed by atoms with van der Waals surface area (Å²) in [5.41, 5.74) is 2.68. The molecule has 1 rings (SSSR count). The summed E-state index contributed by atoms with van der Waals surface area (Å²) in [7, 11) is 0. The van der Waals surface area contributed by atoms with Crippen molar-refractivity contribution in [1.29, 1.82) is 0 Å². The van der Waals surface area contributed by atoms with E-state index in [0.717, 1.165) is 18.8 Å². The molecule has 0 saturated carbocycles. The van der Waals surface area contributed by atoms with Gasteiger partial charge in [-0.15, -0.1) is 0 Å². The van der Waals surface area contributed by atoms with Crippen LogP contribution in [0.4, 0.5) is 0 Å².